The van der Waals surface area contributed by atoms with Crippen LogP contribution in [0.1, 0.15) is 42.5 Å². The third-order valence-corrected chi connectivity index (χ3v) is 5.12. The van der Waals surface area contributed by atoms with Gasteiger partial charge in [0.2, 0.25) is 5.95 Å². The number of methoxy groups -OCH3 is 1. The second kappa shape index (κ2) is 8.67. The molecule has 1 atom stereocenters. The van der Waals surface area contributed by atoms with Gasteiger partial charge in [-0.05, 0) is 25.3 Å². The molecule has 1 aliphatic rings. The highest BCUT2D eigenvalue weighted by Gasteiger charge is 2.25. The van der Waals surface area contributed by atoms with Gasteiger partial charge in [-0.2, -0.15) is 10.1 Å². The highest BCUT2D eigenvalue weighted by Crippen LogP contribution is 2.40. The van der Waals surface area contributed by atoms with Gasteiger partial charge >= 0.3 is 0 Å². The molecule has 2 aromatic heterocycles. The van der Waals surface area contributed by atoms with Gasteiger partial charge in [0, 0.05) is 29.8 Å². The maximum Gasteiger partial charge on any atom is 0.225 e. The number of nitrogens with one attached hydrogen (secondary N) is 3. The number of halogens is 1. The molecule has 29 heavy (non-hydrogen) atoms. The van der Waals surface area contributed by atoms with E-state index in [0.29, 0.717) is 34.9 Å². The number of aliphatic hydroxyl groups is 1. The molecule has 1 saturated carbocycles. The number of para-hydroxylation sites is 1. The number of aromatic nitrogens is 4. The molecule has 0 spiro atoms. The number of hydrogen-bond acceptors (Lipinski definition) is 7. The molecular formula is C20H23ClN6O2. The zero-order chi connectivity index (χ0) is 20.2. The Bertz CT molecular complexity index is 975. The number of aromatic amines is 1. The molecule has 4 rings (SSSR count). The van der Waals surface area contributed by atoms with Crippen LogP contribution in [0.15, 0.2) is 36.5 Å². The van der Waals surface area contributed by atoms with Gasteiger partial charge in [0.05, 0.1) is 19.3 Å². The molecule has 152 valence electrons. The van der Waals surface area contributed by atoms with Gasteiger partial charge in [-0.1, -0.05) is 29.8 Å². The molecule has 0 amide bonds. The molecule has 0 bridgehead atoms. The molecule has 4 N–H and O–H groups in total. The molecule has 2 heterocycles. The first-order chi connectivity index (χ1) is 14.2. The van der Waals surface area contributed by atoms with Gasteiger partial charge in [-0.25, -0.2) is 4.98 Å². The molecule has 1 aliphatic carbocycles. The Labute approximate surface area is 173 Å². The summed E-state index contributed by atoms with van der Waals surface area (Å²) in [6, 6.07) is 9.41. The van der Waals surface area contributed by atoms with Gasteiger partial charge < -0.3 is 20.5 Å². The van der Waals surface area contributed by atoms with Gasteiger partial charge in [0.15, 0.2) is 11.6 Å². The Kier molecular flexibility index (Phi) is 5.82. The lowest BCUT2D eigenvalue weighted by Gasteiger charge is -2.21. The van der Waals surface area contributed by atoms with E-state index in [4.69, 9.17) is 16.3 Å². The van der Waals surface area contributed by atoms with Crippen LogP contribution in [0.2, 0.25) is 5.02 Å². The summed E-state index contributed by atoms with van der Waals surface area (Å²) < 4.78 is 5.45. The summed E-state index contributed by atoms with van der Waals surface area (Å²) in [5.41, 5.74) is 2.04. The predicted molar refractivity (Wildman–Crippen MR) is 112 cm³/mol. The summed E-state index contributed by atoms with van der Waals surface area (Å²) in [5.74, 6) is 2.82. The minimum Gasteiger partial charge on any atom is -0.496 e. The fourth-order valence-corrected chi connectivity index (χ4v) is 3.33. The SMILES string of the molecule is COc1ccccc1C(CCO)Nc1ncc(Cl)c(Nc2cc(C3CC3)[nH]n2)n1. The summed E-state index contributed by atoms with van der Waals surface area (Å²) >= 11 is 6.28. The lowest BCUT2D eigenvalue weighted by Crippen LogP contribution is -2.16. The standard InChI is InChI=1S/C20H23ClN6O2/c1-29-17-5-3-2-4-13(17)15(8-9-28)23-20-22-11-14(21)19(25-20)24-18-10-16(26-27-18)12-6-7-12/h2-5,10-12,15,28H,6-9H2,1H3,(H3,22,23,24,25,26,27). The third-order valence-electron chi connectivity index (χ3n) is 4.84. The summed E-state index contributed by atoms with van der Waals surface area (Å²) in [7, 11) is 1.62. The van der Waals surface area contributed by atoms with Crippen LogP contribution in [0.3, 0.4) is 0 Å². The number of benzene rings is 1. The highest BCUT2D eigenvalue weighted by molar-refractivity contribution is 6.32. The van der Waals surface area contributed by atoms with E-state index >= 15 is 0 Å². The average molecular weight is 415 g/mol. The lowest BCUT2D eigenvalue weighted by atomic mass is 10.0. The first-order valence-corrected chi connectivity index (χ1v) is 9.91. The Morgan fingerprint density at radius 1 is 1.34 bits per heavy atom. The topological polar surface area (TPSA) is 108 Å². The van der Waals surface area contributed by atoms with Crippen LogP contribution in [0, 0.1) is 0 Å². The zero-order valence-corrected chi connectivity index (χ0v) is 16.8. The van der Waals surface area contributed by atoms with E-state index in [2.05, 4.69) is 30.8 Å². The average Bonchev–Trinajstić information content (AvgIpc) is 3.49. The zero-order valence-electron chi connectivity index (χ0n) is 16.0. The fraction of sp³-hybridized carbons (Fsp3) is 0.350. The molecule has 9 heteroatoms. The summed E-state index contributed by atoms with van der Waals surface area (Å²) in [4.78, 5) is 8.78. The van der Waals surface area contributed by atoms with Crippen molar-refractivity contribution in [1.82, 2.24) is 20.2 Å². The first kappa shape index (κ1) is 19.5. The Balaban J connectivity index is 1.54. The number of rotatable bonds is 9. The molecule has 1 fully saturated rings. The van der Waals surface area contributed by atoms with E-state index in [1.54, 1.807) is 7.11 Å². The fourth-order valence-electron chi connectivity index (χ4n) is 3.19. The maximum absolute atomic E-state index is 9.52. The smallest absolute Gasteiger partial charge is 0.225 e. The predicted octanol–water partition coefficient (Wildman–Crippen LogP) is 4.02. The number of H-pyrrole nitrogens is 1. The van der Waals surface area contributed by atoms with Crippen molar-refractivity contribution in [3.05, 3.63) is 52.8 Å². The van der Waals surface area contributed by atoms with Crippen LogP contribution in [0.25, 0.3) is 0 Å². The maximum atomic E-state index is 9.52. The Morgan fingerprint density at radius 2 is 2.17 bits per heavy atom. The van der Waals surface area contributed by atoms with Crippen LogP contribution in [-0.4, -0.2) is 39.0 Å². The largest absolute Gasteiger partial charge is 0.496 e. The van der Waals surface area contributed by atoms with Gasteiger partial charge in [0.1, 0.15) is 10.8 Å². The van der Waals surface area contributed by atoms with E-state index in [0.717, 1.165) is 17.0 Å². The molecule has 0 radical (unpaired) electrons. The van der Waals surface area contributed by atoms with E-state index in [1.807, 2.05) is 30.3 Å². The van der Waals surface area contributed by atoms with Gasteiger partial charge in [-0.3, -0.25) is 5.10 Å². The molecular weight excluding hydrogens is 392 g/mol. The first-order valence-electron chi connectivity index (χ1n) is 9.53. The van der Waals surface area contributed by atoms with Crippen LogP contribution in [0.5, 0.6) is 5.75 Å². The number of ether oxygens (including phenoxy) is 1. The van der Waals surface area contributed by atoms with E-state index in [1.165, 1.54) is 19.0 Å². The van der Waals surface area contributed by atoms with Crippen LogP contribution in [-0.2, 0) is 0 Å². The minimum atomic E-state index is -0.225. The second-order valence-corrected chi connectivity index (χ2v) is 7.36. The molecule has 0 aliphatic heterocycles. The van der Waals surface area contributed by atoms with E-state index < -0.39 is 0 Å². The van der Waals surface area contributed by atoms with Crippen molar-refractivity contribution in [2.45, 2.75) is 31.2 Å². The molecule has 0 saturated heterocycles. The van der Waals surface area contributed by atoms with Crippen molar-refractivity contribution in [2.24, 2.45) is 0 Å². The van der Waals surface area contributed by atoms with Gasteiger partial charge in [0.25, 0.3) is 0 Å². The lowest BCUT2D eigenvalue weighted by molar-refractivity contribution is 0.278. The van der Waals surface area contributed by atoms with Crippen molar-refractivity contribution in [1.29, 1.82) is 0 Å². The Hall–Kier alpha value is -2.84. The normalized spacial score (nSPS) is 14.4. The van der Waals surface area contributed by atoms with Crippen LogP contribution in [0.4, 0.5) is 17.6 Å². The third kappa shape index (κ3) is 4.60. The van der Waals surface area contributed by atoms with Crippen LogP contribution >= 0.6 is 11.6 Å². The van der Waals surface area contributed by atoms with Crippen molar-refractivity contribution in [3.63, 3.8) is 0 Å². The number of aliphatic hydroxyl groups excluding tert-OH is 1. The van der Waals surface area contributed by atoms with E-state index in [9.17, 15) is 5.11 Å². The Morgan fingerprint density at radius 3 is 2.93 bits per heavy atom. The summed E-state index contributed by atoms with van der Waals surface area (Å²) in [6.07, 6.45) is 4.39. The molecule has 8 nitrogen and oxygen atoms in total. The molecule has 1 unspecified atom stereocenters. The number of nitrogens with zero attached hydrogens (tertiary/aromatic N) is 3. The molecule has 1 aromatic carbocycles. The van der Waals surface area contributed by atoms with Gasteiger partial charge in [-0.15, -0.1) is 0 Å². The minimum absolute atomic E-state index is 0.00558. The monoisotopic (exact) mass is 414 g/mol. The highest BCUT2D eigenvalue weighted by atomic mass is 35.5. The summed E-state index contributed by atoms with van der Waals surface area (Å²) in [6.45, 7) is 0.00558. The van der Waals surface area contributed by atoms with Crippen molar-refractivity contribution in [2.75, 3.05) is 24.4 Å². The second-order valence-electron chi connectivity index (χ2n) is 6.95. The number of hydrogen-bond donors (Lipinski definition) is 4. The van der Waals surface area contributed by atoms with Crippen molar-refractivity contribution < 1.29 is 9.84 Å². The van der Waals surface area contributed by atoms with E-state index in [-0.39, 0.29) is 12.6 Å². The number of anilines is 3. The summed E-state index contributed by atoms with van der Waals surface area (Å²) in [5, 5.41) is 23.6. The van der Waals surface area contributed by atoms with Crippen molar-refractivity contribution in [3.8, 4) is 5.75 Å². The van der Waals surface area contributed by atoms with Crippen molar-refractivity contribution >= 4 is 29.2 Å². The molecule has 3 aromatic rings. The quantitative estimate of drug-likeness (QED) is 0.418. The van der Waals surface area contributed by atoms with Crippen LogP contribution < -0.4 is 15.4 Å².